The number of halogens is 4. The largest absolute Gasteiger partial charge is 0.416 e. The Labute approximate surface area is 124 Å². The normalized spacial score (nSPS) is 11.8. The van der Waals surface area contributed by atoms with E-state index in [0.29, 0.717) is 16.5 Å². The van der Waals surface area contributed by atoms with E-state index in [-0.39, 0.29) is 5.15 Å². The van der Waals surface area contributed by atoms with Gasteiger partial charge in [0.25, 0.3) is 0 Å². The third kappa shape index (κ3) is 2.72. The Hall–Kier alpha value is -2.07. The summed E-state index contributed by atoms with van der Waals surface area (Å²) in [7, 11) is 0. The highest BCUT2D eigenvalue weighted by Crippen LogP contribution is 2.35. The van der Waals surface area contributed by atoms with Crippen molar-refractivity contribution in [1.82, 2.24) is 4.98 Å². The quantitative estimate of drug-likeness (QED) is 0.535. The van der Waals surface area contributed by atoms with E-state index in [1.54, 1.807) is 6.07 Å². The SMILES string of the molecule is FC(F)(F)c1ccc2nc(Cl)cc(-c3ccccc3)c2c1. The number of pyridine rings is 1. The second-order valence-electron chi connectivity index (χ2n) is 4.59. The van der Waals surface area contributed by atoms with Gasteiger partial charge in [-0.3, -0.25) is 0 Å². The zero-order valence-corrected chi connectivity index (χ0v) is 11.4. The molecule has 0 saturated carbocycles. The molecular formula is C16H9ClF3N. The van der Waals surface area contributed by atoms with E-state index in [4.69, 9.17) is 11.6 Å². The number of benzene rings is 2. The van der Waals surface area contributed by atoms with Crippen molar-refractivity contribution >= 4 is 22.5 Å². The lowest BCUT2D eigenvalue weighted by Crippen LogP contribution is -2.04. The number of alkyl halides is 3. The molecule has 21 heavy (non-hydrogen) atoms. The summed E-state index contributed by atoms with van der Waals surface area (Å²) in [6.07, 6.45) is -4.39. The van der Waals surface area contributed by atoms with Crippen LogP contribution >= 0.6 is 11.6 Å². The average Bonchev–Trinajstić information content (AvgIpc) is 2.46. The van der Waals surface area contributed by atoms with E-state index < -0.39 is 11.7 Å². The second-order valence-corrected chi connectivity index (χ2v) is 4.98. The molecule has 0 unspecified atom stereocenters. The van der Waals surface area contributed by atoms with Crippen LogP contribution in [0.25, 0.3) is 22.0 Å². The molecule has 1 nitrogen and oxygen atoms in total. The van der Waals surface area contributed by atoms with Crippen LogP contribution in [0, 0.1) is 0 Å². The Morgan fingerprint density at radius 1 is 0.905 bits per heavy atom. The first kappa shape index (κ1) is 13.9. The molecule has 0 saturated heterocycles. The smallest absolute Gasteiger partial charge is 0.236 e. The maximum atomic E-state index is 12.9. The number of nitrogens with zero attached hydrogens (tertiary/aromatic N) is 1. The van der Waals surface area contributed by atoms with Crippen molar-refractivity contribution in [3.8, 4) is 11.1 Å². The first-order valence-electron chi connectivity index (χ1n) is 6.18. The predicted octanol–water partition coefficient (Wildman–Crippen LogP) is 5.57. The molecular weight excluding hydrogens is 299 g/mol. The monoisotopic (exact) mass is 307 g/mol. The highest BCUT2D eigenvalue weighted by atomic mass is 35.5. The van der Waals surface area contributed by atoms with Gasteiger partial charge in [0.1, 0.15) is 5.15 Å². The topological polar surface area (TPSA) is 12.9 Å². The Bertz CT molecular complexity index is 798. The molecule has 3 rings (SSSR count). The summed E-state index contributed by atoms with van der Waals surface area (Å²) < 4.78 is 38.6. The van der Waals surface area contributed by atoms with Crippen LogP contribution in [0.1, 0.15) is 5.56 Å². The lowest BCUT2D eigenvalue weighted by molar-refractivity contribution is -0.137. The third-order valence-electron chi connectivity index (χ3n) is 3.19. The fourth-order valence-corrected chi connectivity index (χ4v) is 2.43. The van der Waals surface area contributed by atoms with Gasteiger partial charge in [-0.05, 0) is 35.4 Å². The zero-order valence-electron chi connectivity index (χ0n) is 10.7. The van der Waals surface area contributed by atoms with Crippen LogP contribution in [0.3, 0.4) is 0 Å². The molecule has 106 valence electrons. The average molecular weight is 308 g/mol. The summed E-state index contributed by atoms with van der Waals surface area (Å²) in [4.78, 5) is 4.08. The maximum absolute atomic E-state index is 12.9. The molecule has 0 spiro atoms. The van der Waals surface area contributed by atoms with Gasteiger partial charge in [0.05, 0.1) is 11.1 Å². The Balaban J connectivity index is 2.32. The Kier molecular flexibility index (Phi) is 3.33. The molecule has 1 heterocycles. The number of hydrogen-bond acceptors (Lipinski definition) is 1. The van der Waals surface area contributed by atoms with E-state index in [2.05, 4.69) is 4.98 Å². The molecule has 0 aliphatic heterocycles. The molecule has 1 aromatic heterocycles. The van der Waals surface area contributed by atoms with Crippen molar-refractivity contribution in [2.45, 2.75) is 6.18 Å². The molecule has 5 heteroatoms. The summed E-state index contributed by atoms with van der Waals surface area (Å²) in [5.74, 6) is 0. The van der Waals surface area contributed by atoms with Gasteiger partial charge < -0.3 is 0 Å². The first-order valence-corrected chi connectivity index (χ1v) is 6.56. The van der Waals surface area contributed by atoms with Gasteiger partial charge in [0.15, 0.2) is 0 Å². The number of rotatable bonds is 1. The van der Waals surface area contributed by atoms with Crippen molar-refractivity contribution in [2.75, 3.05) is 0 Å². The Morgan fingerprint density at radius 2 is 1.62 bits per heavy atom. The Morgan fingerprint density at radius 3 is 2.29 bits per heavy atom. The standard InChI is InChI=1S/C16H9ClF3N/c17-15-9-12(10-4-2-1-3-5-10)13-8-11(16(18,19)20)6-7-14(13)21-15/h1-9H. The van der Waals surface area contributed by atoms with Crippen LogP contribution in [0.15, 0.2) is 54.6 Å². The van der Waals surface area contributed by atoms with Gasteiger partial charge in [0, 0.05) is 5.39 Å². The number of fused-ring (bicyclic) bond motifs is 1. The van der Waals surface area contributed by atoms with Crippen LogP contribution in [0.4, 0.5) is 13.2 Å². The summed E-state index contributed by atoms with van der Waals surface area (Å²) in [5, 5.41) is 0.682. The molecule has 0 bridgehead atoms. The lowest BCUT2D eigenvalue weighted by atomic mass is 10.00. The minimum absolute atomic E-state index is 0.251. The van der Waals surface area contributed by atoms with Gasteiger partial charge in [-0.15, -0.1) is 0 Å². The summed E-state index contributed by atoms with van der Waals surface area (Å²) >= 11 is 5.97. The molecule has 0 fully saturated rings. The van der Waals surface area contributed by atoms with E-state index in [1.807, 2.05) is 30.3 Å². The van der Waals surface area contributed by atoms with Gasteiger partial charge in [0.2, 0.25) is 0 Å². The van der Waals surface area contributed by atoms with Crippen LogP contribution in [-0.4, -0.2) is 4.98 Å². The minimum Gasteiger partial charge on any atom is -0.236 e. The van der Waals surface area contributed by atoms with Gasteiger partial charge in [-0.1, -0.05) is 41.9 Å². The van der Waals surface area contributed by atoms with Crippen molar-refractivity contribution in [1.29, 1.82) is 0 Å². The summed E-state index contributed by atoms with van der Waals surface area (Å²) in [6.45, 7) is 0. The van der Waals surface area contributed by atoms with Crippen molar-refractivity contribution in [2.24, 2.45) is 0 Å². The van der Waals surface area contributed by atoms with E-state index >= 15 is 0 Å². The molecule has 0 atom stereocenters. The fourth-order valence-electron chi connectivity index (χ4n) is 2.23. The predicted molar refractivity (Wildman–Crippen MR) is 77.2 cm³/mol. The van der Waals surface area contributed by atoms with Crippen LogP contribution in [-0.2, 0) is 6.18 Å². The highest BCUT2D eigenvalue weighted by Gasteiger charge is 2.30. The van der Waals surface area contributed by atoms with Gasteiger partial charge >= 0.3 is 6.18 Å². The van der Waals surface area contributed by atoms with E-state index in [0.717, 1.165) is 17.7 Å². The molecule has 0 N–H and O–H groups in total. The second kappa shape index (κ2) is 5.04. The zero-order chi connectivity index (χ0) is 15.0. The van der Waals surface area contributed by atoms with Crippen LogP contribution < -0.4 is 0 Å². The first-order chi connectivity index (χ1) is 9.95. The van der Waals surface area contributed by atoms with Crippen LogP contribution in [0.5, 0.6) is 0 Å². The third-order valence-corrected chi connectivity index (χ3v) is 3.38. The van der Waals surface area contributed by atoms with Crippen LogP contribution in [0.2, 0.25) is 5.15 Å². The van der Waals surface area contributed by atoms with E-state index in [9.17, 15) is 13.2 Å². The molecule has 0 radical (unpaired) electrons. The molecule has 0 aliphatic rings. The molecule has 0 amide bonds. The van der Waals surface area contributed by atoms with Gasteiger partial charge in [-0.2, -0.15) is 13.2 Å². The highest BCUT2D eigenvalue weighted by molar-refractivity contribution is 6.30. The minimum atomic E-state index is -4.39. The molecule has 3 aromatic rings. The number of aromatic nitrogens is 1. The fraction of sp³-hybridized carbons (Fsp3) is 0.0625. The van der Waals surface area contributed by atoms with E-state index in [1.165, 1.54) is 6.07 Å². The summed E-state index contributed by atoms with van der Waals surface area (Å²) in [5.41, 5.74) is 1.17. The van der Waals surface area contributed by atoms with Crippen molar-refractivity contribution in [3.05, 3.63) is 65.3 Å². The van der Waals surface area contributed by atoms with Crippen molar-refractivity contribution in [3.63, 3.8) is 0 Å². The molecule has 0 aliphatic carbocycles. The lowest BCUT2D eigenvalue weighted by Gasteiger charge is -2.11. The number of hydrogen-bond donors (Lipinski definition) is 0. The summed E-state index contributed by atoms with van der Waals surface area (Å²) in [6, 6.07) is 14.2. The maximum Gasteiger partial charge on any atom is 0.416 e. The van der Waals surface area contributed by atoms with Crippen molar-refractivity contribution < 1.29 is 13.2 Å². The van der Waals surface area contributed by atoms with Gasteiger partial charge in [-0.25, -0.2) is 4.98 Å². The molecule has 2 aromatic carbocycles.